The minimum absolute atomic E-state index is 0.0908. The molecule has 0 amide bonds. The number of fused-ring (bicyclic) bond motifs is 3. The average Bonchev–Trinajstić information content (AvgIpc) is 3.60. The van der Waals surface area contributed by atoms with Gasteiger partial charge in [0.05, 0.1) is 61.2 Å². The molecule has 2 atom stereocenters. The Labute approximate surface area is 309 Å². The molecule has 0 aliphatic carbocycles. The first-order valence-corrected chi connectivity index (χ1v) is 20.3. The van der Waals surface area contributed by atoms with Crippen LogP contribution in [0.5, 0.6) is 0 Å². The standard InChI is InChI=1S/C41H48F4N6OSi/c1-28-20-34-33(16-17-37-35(34)23-47-49-37)39(38-36(43)21-29(22-46-38)48-30-24-50(25-30)19-11-18-42)51(28)26-41(44,45)27-52-53(40(2,3)4,31-12-7-5-8-13-31)32-14-9-6-10-15-32/h5-10,12-17,21-23,28,30,39,48H,11,18-20,24-27H2,1-4H3,(H,47,49)/t28-,39+/m1/s1. The number of H-pyrrole nitrogens is 1. The van der Waals surface area contributed by atoms with Crippen molar-refractivity contribution in [2.75, 3.05) is 44.8 Å². The van der Waals surface area contributed by atoms with Gasteiger partial charge in [-0.25, -0.2) is 13.2 Å². The molecule has 7 nitrogen and oxygen atoms in total. The SMILES string of the molecule is C[C@@H]1Cc2c(ccc3[nH]ncc23)[C@@H](c2ncc(NC3CN(CCCF)C3)cc2F)N1CC(F)(F)CO[Si](c1ccccc1)(c1ccccc1)C(C)(C)C. The van der Waals surface area contributed by atoms with E-state index in [9.17, 15) is 4.39 Å². The highest BCUT2D eigenvalue weighted by Crippen LogP contribution is 2.43. The van der Waals surface area contributed by atoms with Gasteiger partial charge in [-0.3, -0.25) is 24.3 Å². The quantitative estimate of drug-likeness (QED) is 0.0991. The first-order chi connectivity index (χ1) is 25.4. The number of likely N-dealkylation sites (tertiary alicyclic amines) is 1. The van der Waals surface area contributed by atoms with Crippen molar-refractivity contribution in [3.05, 3.63) is 114 Å². The number of pyridine rings is 1. The second kappa shape index (κ2) is 15.0. The number of aromatic amines is 1. The summed E-state index contributed by atoms with van der Waals surface area (Å²) >= 11 is 0. The zero-order chi connectivity index (χ0) is 37.4. The summed E-state index contributed by atoms with van der Waals surface area (Å²) in [6, 6.07) is 23.5. The third-order valence-electron chi connectivity index (χ3n) is 10.9. The number of rotatable bonds is 13. The molecule has 3 aromatic carbocycles. The zero-order valence-electron chi connectivity index (χ0n) is 30.8. The van der Waals surface area contributed by atoms with Crippen molar-refractivity contribution >= 4 is 35.3 Å². The third kappa shape index (κ3) is 7.38. The number of anilines is 1. The summed E-state index contributed by atoms with van der Waals surface area (Å²) < 4.78 is 69.2. The Morgan fingerprint density at radius 1 is 0.962 bits per heavy atom. The Kier molecular flexibility index (Phi) is 10.5. The molecule has 2 aliphatic rings. The second-order valence-electron chi connectivity index (χ2n) is 15.6. The zero-order valence-corrected chi connectivity index (χ0v) is 31.8. The summed E-state index contributed by atoms with van der Waals surface area (Å²) in [5.74, 6) is -3.87. The fraction of sp³-hybridized carbons (Fsp3) is 0.415. The van der Waals surface area contributed by atoms with Gasteiger partial charge in [0, 0.05) is 37.1 Å². The van der Waals surface area contributed by atoms with Crippen LogP contribution in [0.1, 0.15) is 57.0 Å². The van der Waals surface area contributed by atoms with Gasteiger partial charge < -0.3 is 9.74 Å². The average molecular weight is 745 g/mol. The Balaban J connectivity index is 1.20. The molecule has 1 fully saturated rings. The second-order valence-corrected chi connectivity index (χ2v) is 19.9. The molecule has 0 unspecified atom stereocenters. The van der Waals surface area contributed by atoms with E-state index in [0.717, 1.165) is 45.5 Å². The lowest BCUT2D eigenvalue weighted by molar-refractivity contribution is -0.0823. The molecule has 280 valence electrons. The van der Waals surface area contributed by atoms with Gasteiger partial charge in [-0.05, 0) is 52.4 Å². The number of hydrogen-bond acceptors (Lipinski definition) is 6. The lowest BCUT2D eigenvalue weighted by atomic mass is 9.84. The fourth-order valence-electron chi connectivity index (χ4n) is 8.35. The molecule has 1 saturated heterocycles. The molecule has 2 aliphatic heterocycles. The van der Waals surface area contributed by atoms with Crippen molar-refractivity contribution in [1.29, 1.82) is 0 Å². The lowest BCUT2D eigenvalue weighted by Crippen LogP contribution is -2.67. The topological polar surface area (TPSA) is 69.3 Å². The van der Waals surface area contributed by atoms with Gasteiger partial charge in [-0.2, -0.15) is 5.10 Å². The molecule has 0 bridgehead atoms. The first-order valence-electron chi connectivity index (χ1n) is 18.4. The normalized spacial score (nSPS) is 18.9. The molecule has 2 aromatic heterocycles. The highest BCUT2D eigenvalue weighted by Gasteiger charge is 2.52. The van der Waals surface area contributed by atoms with E-state index in [2.05, 4.69) is 46.2 Å². The van der Waals surface area contributed by atoms with Crippen molar-refractivity contribution in [2.24, 2.45) is 0 Å². The van der Waals surface area contributed by atoms with Crippen LogP contribution in [-0.2, 0) is 10.8 Å². The minimum Gasteiger partial charge on any atom is -0.401 e. The number of alkyl halides is 3. The lowest BCUT2D eigenvalue weighted by Gasteiger charge is -2.45. The van der Waals surface area contributed by atoms with Gasteiger partial charge >= 0.3 is 0 Å². The first kappa shape index (κ1) is 37.2. The van der Waals surface area contributed by atoms with Crippen LogP contribution in [0, 0.1) is 5.82 Å². The number of benzene rings is 3. The van der Waals surface area contributed by atoms with Crippen LogP contribution in [0.3, 0.4) is 0 Å². The van der Waals surface area contributed by atoms with Crippen LogP contribution in [-0.4, -0.2) is 90.8 Å². The molecular weight excluding hydrogens is 697 g/mol. The number of nitrogens with zero attached hydrogens (tertiary/aromatic N) is 4. The Morgan fingerprint density at radius 3 is 2.26 bits per heavy atom. The van der Waals surface area contributed by atoms with Crippen molar-refractivity contribution in [2.45, 2.75) is 69.6 Å². The number of aromatic nitrogens is 3. The van der Waals surface area contributed by atoms with E-state index in [0.29, 0.717) is 25.1 Å². The van der Waals surface area contributed by atoms with Crippen molar-refractivity contribution in [3.63, 3.8) is 0 Å². The molecule has 4 heterocycles. The molecular formula is C41H48F4N6OSi. The van der Waals surface area contributed by atoms with Crippen molar-refractivity contribution < 1.29 is 22.0 Å². The van der Waals surface area contributed by atoms with E-state index in [1.807, 2.05) is 79.7 Å². The largest absolute Gasteiger partial charge is 0.401 e. The predicted molar refractivity (Wildman–Crippen MR) is 205 cm³/mol. The molecule has 5 aromatic rings. The maximum Gasteiger partial charge on any atom is 0.282 e. The molecule has 53 heavy (non-hydrogen) atoms. The van der Waals surface area contributed by atoms with E-state index in [1.165, 1.54) is 6.07 Å². The molecule has 0 spiro atoms. The van der Waals surface area contributed by atoms with Gasteiger partial charge in [-0.1, -0.05) is 87.5 Å². The number of hydrogen-bond donors (Lipinski definition) is 2. The van der Waals surface area contributed by atoms with Crippen LogP contribution in [0.2, 0.25) is 5.04 Å². The van der Waals surface area contributed by atoms with Crippen LogP contribution in [0.25, 0.3) is 10.9 Å². The summed E-state index contributed by atoms with van der Waals surface area (Å²) in [5, 5.41) is 12.8. The van der Waals surface area contributed by atoms with Crippen LogP contribution < -0.4 is 15.7 Å². The monoisotopic (exact) mass is 744 g/mol. The summed E-state index contributed by atoms with van der Waals surface area (Å²) in [6.07, 6.45) is 4.30. The van der Waals surface area contributed by atoms with Crippen LogP contribution in [0.15, 0.2) is 91.3 Å². The molecule has 0 saturated carbocycles. The highest BCUT2D eigenvalue weighted by atomic mass is 28.4. The summed E-state index contributed by atoms with van der Waals surface area (Å²) in [4.78, 5) is 8.46. The Morgan fingerprint density at radius 2 is 1.64 bits per heavy atom. The van der Waals surface area contributed by atoms with E-state index < -0.39 is 44.3 Å². The van der Waals surface area contributed by atoms with E-state index in [1.54, 1.807) is 17.3 Å². The molecule has 7 rings (SSSR count). The van der Waals surface area contributed by atoms with Crippen LogP contribution in [0.4, 0.5) is 23.2 Å². The molecule has 0 radical (unpaired) electrons. The highest BCUT2D eigenvalue weighted by molar-refractivity contribution is 6.99. The Bertz CT molecular complexity index is 1960. The minimum atomic E-state index is -3.30. The summed E-state index contributed by atoms with van der Waals surface area (Å²) in [5.41, 5.74) is 3.12. The molecule has 2 N–H and O–H groups in total. The van der Waals surface area contributed by atoms with E-state index in [-0.39, 0.29) is 24.5 Å². The summed E-state index contributed by atoms with van der Waals surface area (Å²) in [6.45, 7) is 8.45. The predicted octanol–water partition coefficient (Wildman–Crippen LogP) is 7.10. The van der Waals surface area contributed by atoms with Gasteiger partial charge in [0.15, 0.2) is 0 Å². The fourth-order valence-corrected chi connectivity index (χ4v) is 12.9. The maximum absolute atomic E-state index is 16.8. The van der Waals surface area contributed by atoms with Crippen molar-refractivity contribution in [3.8, 4) is 0 Å². The van der Waals surface area contributed by atoms with Gasteiger partial charge in [-0.15, -0.1) is 0 Å². The van der Waals surface area contributed by atoms with E-state index in [4.69, 9.17) is 4.43 Å². The van der Waals surface area contributed by atoms with Gasteiger partial charge in [0.2, 0.25) is 0 Å². The maximum atomic E-state index is 16.8. The third-order valence-corrected chi connectivity index (χ3v) is 15.8. The van der Waals surface area contributed by atoms with Gasteiger partial charge in [0.25, 0.3) is 14.2 Å². The van der Waals surface area contributed by atoms with E-state index >= 15 is 13.2 Å². The smallest absolute Gasteiger partial charge is 0.282 e. The number of halogens is 4. The summed E-state index contributed by atoms with van der Waals surface area (Å²) in [7, 11) is -3.25. The van der Waals surface area contributed by atoms with Crippen molar-refractivity contribution in [1.82, 2.24) is 25.0 Å². The number of nitrogens with one attached hydrogen (secondary N) is 2. The van der Waals surface area contributed by atoms with Crippen LogP contribution >= 0.6 is 0 Å². The Hall–Kier alpha value is -4.10. The van der Waals surface area contributed by atoms with Gasteiger partial charge in [0.1, 0.15) is 5.82 Å². The molecule has 12 heteroatoms.